The summed E-state index contributed by atoms with van der Waals surface area (Å²) >= 11 is 0. The minimum atomic E-state index is 0. The molecule has 0 atom stereocenters. The lowest BCUT2D eigenvalue weighted by molar-refractivity contribution is 0.832. The van der Waals surface area contributed by atoms with Gasteiger partial charge in [-0.1, -0.05) is 80.5 Å². The van der Waals surface area contributed by atoms with Gasteiger partial charge in [-0.15, -0.1) is 0 Å². The highest BCUT2D eigenvalue weighted by Crippen LogP contribution is 1.95. The Hall–Kier alpha value is -1.30. The van der Waals surface area contributed by atoms with Crippen molar-refractivity contribution in [1.82, 2.24) is 0 Å². The molecule has 0 aromatic heterocycles. The smallest absolute Gasteiger partial charge is 0.0287 e. The molecule has 0 fully saturated rings. The van der Waals surface area contributed by atoms with E-state index in [9.17, 15) is 0 Å². The van der Waals surface area contributed by atoms with Crippen LogP contribution in [-0.2, 0) is 0 Å². The normalized spacial score (nSPS) is 9.65. The zero-order chi connectivity index (χ0) is 15.3. The van der Waals surface area contributed by atoms with E-state index in [-0.39, 0.29) is 7.43 Å². The van der Waals surface area contributed by atoms with Crippen LogP contribution in [-0.4, -0.2) is 0 Å². The zero-order valence-electron chi connectivity index (χ0n) is 14.1. The lowest BCUT2D eigenvalue weighted by Gasteiger charge is -1.89. The largest absolute Gasteiger partial charge is 0.0820 e. The van der Waals surface area contributed by atoms with Gasteiger partial charge in [0.25, 0.3) is 0 Å². The molecule has 20 heavy (non-hydrogen) atoms. The molecule has 0 N–H and O–H groups in total. The van der Waals surface area contributed by atoms with Crippen molar-refractivity contribution in [3.8, 4) is 0 Å². The molecule has 0 aliphatic rings. The van der Waals surface area contributed by atoms with Gasteiger partial charge in [-0.2, -0.15) is 0 Å². The molecule has 0 bridgehead atoms. The Bertz CT molecular complexity index is 325. The highest BCUT2D eigenvalue weighted by molar-refractivity contribution is 5.16. The third kappa shape index (κ3) is 30.1. The van der Waals surface area contributed by atoms with Gasteiger partial charge in [0.15, 0.2) is 0 Å². The molecule has 0 nitrogen and oxygen atoms in total. The van der Waals surface area contributed by atoms with Crippen LogP contribution in [0.1, 0.15) is 62.8 Å². The molecule has 0 saturated heterocycles. The molecule has 0 aliphatic carbocycles. The van der Waals surface area contributed by atoms with Crippen molar-refractivity contribution in [3.05, 3.63) is 59.3 Å². The first-order valence-corrected chi connectivity index (χ1v) is 7.02. The third-order valence-electron chi connectivity index (χ3n) is 1.90. The molecule has 0 amide bonds. The molecule has 0 aliphatic heterocycles. The summed E-state index contributed by atoms with van der Waals surface area (Å²) in [5, 5.41) is 0. The molecular formula is C20H36. The fourth-order valence-electron chi connectivity index (χ4n) is 0.966. The van der Waals surface area contributed by atoms with Crippen LogP contribution in [0.4, 0.5) is 0 Å². The summed E-state index contributed by atoms with van der Waals surface area (Å²) in [7, 11) is 0. The molecule has 0 aromatic carbocycles. The molecule has 0 heterocycles. The van der Waals surface area contributed by atoms with E-state index in [1.54, 1.807) is 0 Å². The van der Waals surface area contributed by atoms with E-state index in [1.807, 2.05) is 0 Å². The Morgan fingerprint density at radius 2 is 0.900 bits per heavy atom. The Morgan fingerprint density at radius 3 is 1.15 bits per heavy atom. The van der Waals surface area contributed by atoms with Crippen molar-refractivity contribution >= 4 is 0 Å². The van der Waals surface area contributed by atoms with Crippen LogP contribution >= 0.6 is 0 Å². The van der Waals surface area contributed by atoms with E-state index in [4.69, 9.17) is 0 Å². The monoisotopic (exact) mass is 276 g/mol. The Labute approximate surface area is 128 Å². The molecule has 0 radical (unpaired) electrons. The van der Waals surface area contributed by atoms with Crippen LogP contribution < -0.4 is 0 Å². The Kier molecular flexibility index (Phi) is 18.7. The zero-order valence-corrected chi connectivity index (χ0v) is 14.1. The summed E-state index contributed by atoms with van der Waals surface area (Å²) in [6, 6.07) is 0. The van der Waals surface area contributed by atoms with Gasteiger partial charge in [0, 0.05) is 0 Å². The predicted molar refractivity (Wildman–Crippen MR) is 98.1 cm³/mol. The SMILES string of the molecule is C.CC(C)=CC=CC(C)C.CC(C)=CC=CC=C(C)C. The second-order valence-corrected chi connectivity index (χ2v) is 5.75. The quantitative estimate of drug-likeness (QED) is 0.473. The van der Waals surface area contributed by atoms with Gasteiger partial charge in [-0.25, -0.2) is 0 Å². The Morgan fingerprint density at radius 1 is 0.600 bits per heavy atom. The minimum Gasteiger partial charge on any atom is -0.0820 e. The molecular weight excluding hydrogens is 240 g/mol. The summed E-state index contributed by atoms with van der Waals surface area (Å²) < 4.78 is 0. The summed E-state index contributed by atoms with van der Waals surface area (Å²) in [6.07, 6.45) is 14.7. The molecule has 0 spiro atoms. The van der Waals surface area contributed by atoms with Gasteiger partial charge in [0.2, 0.25) is 0 Å². The molecule has 0 rings (SSSR count). The summed E-state index contributed by atoms with van der Waals surface area (Å²) in [4.78, 5) is 0. The van der Waals surface area contributed by atoms with Crippen molar-refractivity contribution in [2.24, 2.45) is 5.92 Å². The van der Waals surface area contributed by atoms with Crippen LogP contribution in [0.3, 0.4) is 0 Å². The maximum absolute atomic E-state index is 2.19. The predicted octanol–water partition coefficient (Wildman–Crippen LogP) is 7.28. The fourth-order valence-corrected chi connectivity index (χ4v) is 0.966. The fraction of sp³-hybridized carbons (Fsp3) is 0.500. The van der Waals surface area contributed by atoms with Gasteiger partial charge in [-0.3, -0.25) is 0 Å². The van der Waals surface area contributed by atoms with Crippen LogP contribution in [0, 0.1) is 5.92 Å². The van der Waals surface area contributed by atoms with Gasteiger partial charge in [0.05, 0.1) is 0 Å². The molecule has 0 unspecified atom stereocenters. The third-order valence-corrected chi connectivity index (χ3v) is 1.90. The standard InChI is InChI=1S/C10H16.C9H16.CH4/c1-9(2)7-5-6-8-10(3)4;1-8(2)6-5-7-9(3)4;/h5-8H,1-4H3;5-8H,1-4H3;1H4. The van der Waals surface area contributed by atoms with Crippen LogP contribution in [0.2, 0.25) is 0 Å². The average Bonchev–Trinajstić information content (AvgIpc) is 2.23. The van der Waals surface area contributed by atoms with Crippen LogP contribution in [0.25, 0.3) is 0 Å². The Balaban J connectivity index is -0.000000277. The average molecular weight is 277 g/mol. The van der Waals surface area contributed by atoms with E-state index in [1.165, 1.54) is 16.7 Å². The first kappa shape index (κ1) is 23.8. The van der Waals surface area contributed by atoms with Crippen molar-refractivity contribution in [3.63, 3.8) is 0 Å². The summed E-state index contributed by atoms with van der Waals surface area (Å²) in [5.74, 6) is 0.667. The van der Waals surface area contributed by atoms with Crippen molar-refractivity contribution in [2.75, 3.05) is 0 Å². The number of rotatable bonds is 4. The second kappa shape index (κ2) is 15.8. The van der Waals surface area contributed by atoms with Gasteiger partial charge in [0.1, 0.15) is 0 Å². The van der Waals surface area contributed by atoms with Crippen molar-refractivity contribution in [1.29, 1.82) is 0 Å². The second-order valence-electron chi connectivity index (χ2n) is 5.75. The minimum absolute atomic E-state index is 0. The van der Waals surface area contributed by atoms with Gasteiger partial charge < -0.3 is 0 Å². The van der Waals surface area contributed by atoms with E-state index in [2.05, 4.69) is 97.9 Å². The number of hydrogen-bond donors (Lipinski definition) is 0. The maximum Gasteiger partial charge on any atom is -0.0287 e. The van der Waals surface area contributed by atoms with E-state index in [0.29, 0.717) is 5.92 Å². The van der Waals surface area contributed by atoms with E-state index in [0.717, 1.165) is 0 Å². The molecule has 0 aromatic rings. The van der Waals surface area contributed by atoms with Crippen molar-refractivity contribution < 1.29 is 0 Å². The van der Waals surface area contributed by atoms with Crippen LogP contribution in [0.5, 0.6) is 0 Å². The first-order valence-electron chi connectivity index (χ1n) is 7.02. The molecule has 116 valence electrons. The lowest BCUT2D eigenvalue weighted by Crippen LogP contribution is -1.74. The summed E-state index contributed by atoms with van der Waals surface area (Å²) in [6.45, 7) is 16.9. The van der Waals surface area contributed by atoms with Gasteiger partial charge >= 0.3 is 0 Å². The van der Waals surface area contributed by atoms with Crippen LogP contribution in [0.15, 0.2) is 59.3 Å². The highest BCUT2D eigenvalue weighted by atomic mass is 13.9. The number of hydrogen-bond acceptors (Lipinski definition) is 0. The van der Waals surface area contributed by atoms with E-state index < -0.39 is 0 Å². The summed E-state index contributed by atoms with van der Waals surface area (Å²) in [5.41, 5.74) is 4.02. The lowest BCUT2D eigenvalue weighted by atomic mass is 10.2. The number of allylic oxidation sites excluding steroid dienone is 10. The van der Waals surface area contributed by atoms with Crippen molar-refractivity contribution in [2.45, 2.75) is 62.8 Å². The topological polar surface area (TPSA) is 0 Å². The first-order chi connectivity index (χ1) is 8.75. The van der Waals surface area contributed by atoms with E-state index >= 15 is 0 Å². The molecule has 0 saturated carbocycles. The maximum atomic E-state index is 2.19. The highest BCUT2D eigenvalue weighted by Gasteiger charge is 1.79. The van der Waals surface area contributed by atoms with Gasteiger partial charge in [-0.05, 0) is 47.5 Å². The molecule has 0 heteroatoms.